The normalized spacial score (nSPS) is 12.8. The minimum Gasteiger partial charge on any atom is -0.394 e. The van der Waals surface area contributed by atoms with Crippen molar-refractivity contribution in [3.8, 4) is 0 Å². The quantitative estimate of drug-likeness (QED) is 0.514. The van der Waals surface area contributed by atoms with Gasteiger partial charge in [0, 0.05) is 6.20 Å². The maximum atomic E-state index is 11.1. The molecule has 0 saturated heterocycles. The molecule has 1 heterocycles. The van der Waals surface area contributed by atoms with E-state index in [2.05, 4.69) is 4.98 Å². The maximum absolute atomic E-state index is 11.1. The van der Waals surface area contributed by atoms with Crippen molar-refractivity contribution in [1.29, 1.82) is 0 Å². The molecule has 0 bridgehead atoms. The Bertz CT molecular complexity index is 336. The molecule has 0 amide bonds. The maximum Gasteiger partial charge on any atom is 0.349 e. The summed E-state index contributed by atoms with van der Waals surface area (Å²) in [6, 6.07) is 1.45. The van der Waals surface area contributed by atoms with Crippen molar-refractivity contribution in [2.75, 3.05) is 12.3 Å². The van der Waals surface area contributed by atoms with E-state index < -0.39 is 18.4 Å². The molecule has 6 nitrogen and oxygen atoms in total. The van der Waals surface area contributed by atoms with E-state index in [1.54, 1.807) is 0 Å². The zero-order chi connectivity index (χ0) is 9.84. The lowest BCUT2D eigenvalue weighted by Crippen LogP contribution is -2.30. The Morgan fingerprint density at radius 2 is 2.38 bits per heavy atom. The summed E-state index contributed by atoms with van der Waals surface area (Å²) in [6.07, 6.45) is 0.465. The van der Waals surface area contributed by atoms with Gasteiger partial charge < -0.3 is 15.9 Å². The van der Waals surface area contributed by atoms with E-state index in [1.165, 1.54) is 16.8 Å². The molecule has 0 aliphatic heterocycles. The number of nitrogens with zero attached hydrogens (tertiary/aromatic N) is 2. The summed E-state index contributed by atoms with van der Waals surface area (Å²) in [5.74, 6) is 0.139. The average Bonchev–Trinajstić information content (AvgIpc) is 2.09. The molecule has 1 aromatic heterocycles. The molecule has 0 fully saturated rings. The molecule has 6 heteroatoms. The Balaban J connectivity index is 2.84. The van der Waals surface area contributed by atoms with E-state index in [9.17, 15) is 4.79 Å². The van der Waals surface area contributed by atoms with Gasteiger partial charge in [-0.25, -0.2) is 4.79 Å². The van der Waals surface area contributed by atoms with Crippen LogP contribution in [0.5, 0.6) is 0 Å². The van der Waals surface area contributed by atoms with Crippen molar-refractivity contribution < 1.29 is 10.2 Å². The monoisotopic (exact) mass is 185 g/mol. The van der Waals surface area contributed by atoms with Gasteiger partial charge in [-0.2, -0.15) is 4.98 Å². The molecule has 0 saturated carbocycles. The molecule has 0 unspecified atom stereocenters. The van der Waals surface area contributed by atoms with Crippen molar-refractivity contribution in [3.05, 3.63) is 22.7 Å². The van der Waals surface area contributed by atoms with Crippen LogP contribution in [0.3, 0.4) is 0 Å². The second-order valence-corrected chi connectivity index (χ2v) is 2.62. The van der Waals surface area contributed by atoms with Crippen molar-refractivity contribution in [2.24, 2.45) is 0 Å². The van der Waals surface area contributed by atoms with E-state index in [4.69, 9.17) is 15.9 Å². The minimum atomic E-state index is -0.955. The fourth-order valence-electron chi connectivity index (χ4n) is 0.866. The molecule has 1 aromatic rings. The average molecular weight is 185 g/mol. The third kappa shape index (κ3) is 2.53. The van der Waals surface area contributed by atoms with Gasteiger partial charge in [-0.3, -0.25) is 4.57 Å². The van der Waals surface area contributed by atoms with Crippen molar-refractivity contribution >= 4 is 5.82 Å². The Morgan fingerprint density at radius 3 is 2.92 bits per heavy atom. The Labute approximate surface area is 74.3 Å². The van der Waals surface area contributed by atoms with Crippen LogP contribution in [-0.2, 0) is 6.54 Å². The van der Waals surface area contributed by atoms with Gasteiger partial charge in [0.2, 0.25) is 0 Å². The zero-order valence-electron chi connectivity index (χ0n) is 6.92. The van der Waals surface area contributed by atoms with Gasteiger partial charge in [0.1, 0.15) is 5.82 Å². The van der Waals surface area contributed by atoms with Crippen molar-refractivity contribution in [2.45, 2.75) is 12.6 Å². The van der Waals surface area contributed by atoms with Crippen LogP contribution >= 0.6 is 0 Å². The molecule has 0 aliphatic carbocycles. The second-order valence-electron chi connectivity index (χ2n) is 2.62. The predicted octanol–water partition coefficient (Wildman–Crippen LogP) is -1.82. The highest BCUT2D eigenvalue weighted by Gasteiger charge is 2.04. The number of aliphatic hydroxyl groups is 2. The van der Waals surface area contributed by atoms with Gasteiger partial charge in [-0.05, 0) is 6.07 Å². The number of anilines is 1. The van der Waals surface area contributed by atoms with Crippen molar-refractivity contribution in [3.63, 3.8) is 0 Å². The van der Waals surface area contributed by atoms with Gasteiger partial charge >= 0.3 is 5.69 Å². The summed E-state index contributed by atoms with van der Waals surface area (Å²) in [4.78, 5) is 14.5. The Morgan fingerprint density at radius 1 is 1.69 bits per heavy atom. The van der Waals surface area contributed by atoms with Gasteiger partial charge in [0.05, 0.1) is 19.3 Å². The second kappa shape index (κ2) is 4.01. The molecule has 1 rings (SSSR count). The Hall–Kier alpha value is -1.40. The molecule has 72 valence electrons. The third-order valence-corrected chi connectivity index (χ3v) is 1.51. The highest BCUT2D eigenvalue weighted by atomic mass is 16.3. The smallest absolute Gasteiger partial charge is 0.349 e. The lowest BCUT2D eigenvalue weighted by molar-refractivity contribution is 0.0800. The molecule has 0 radical (unpaired) electrons. The topological polar surface area (TPSA) is 101 Å². The summed E-state index contributed by atoms with van der Waals surface area (Å²) < 4.78 is 1.18. The summed E-state index contributed by atoms with van der Waals surface area (Å²) in [7, 11) is 0. The lowest BCUT2D eigenvalue weighted by atomic mass is 10.4. The number of nitrogens with two attached hydrogens (primary N) is 1. The van der Waals surface area contributed by atoms with Crippen LogP contribution in [0.4, 0.5) is 5.82 Å². The number of aliphatic hydroxyl groups excluding tert-OH is 2. The molecular weight excluding hydrogens is 174 g/mol. The third-order valence-electron chi connectivity index (χ3n) is 1.51. The van der Waals surface area contributed by atoms with Gasteiger partial charge in [-0.1, -0.05) is 0 Å². The predicted molar refractivity (Wildman–Crippen MR) is 46.0 cm³/mol. The first-order valence-electron chi connectivity index (χ1n) is 3.75. The number of hydrogen-bond acceptors (Lipinski definition) is 5. The number of rotatable bonds is 3. The van der Waals surface area contributed by atoms with Crippen LogP contribution < -0.4 is 11.4 Å². The molecule has 1 atom stereocenters. The van der Waals surface area contributed by atoms with E-state index in [0.717, 1.165) is 0 Å². The highest BCUT2D eigenvalue weighted by Crippen LogP contribution is 1.91. The number of nitrogen functional groups attached to an aromatic ring is 1. The van der Waals surface area contributed by atoms with Crippen LogP contribution in [0.1, 0.15) is 0 Å². The van der Waals surface area contributed by atoms with Crippen molar-refractivity contribution in [1.82, 2.24) is 9.55 Å². The largest absolute Gasteiger partial charge is 0.394 e. The standard InChI is InChI=1S/C7H11N3O3/c8-6-1-2-10(7(13)9-6)3-5(12)4-11/h1-2,5,11-12H,3-4H2,(H2,8,9,13)/t5-/m0/s1. The van der Waals surface area contributed by atoms with Gasteiger partial charge in [0.25, 0.3) is 0 Å². The van der Waals surface area contributed by atoms with E-state index in [1.807, 2.05) is 0 Å². The molecule has 0 spiro atoms. The van der Waals surface area contributed by atoms with E-state index in [-0.39, 0.29) is 12.4 Å². The summed E-state index contributed by atoms with van der Waals surface area (Å²) in [5.41, 5.74) is 4.72. The molecule has 13 heavy (non-hydrogen) atoms. The van der Waals surface area contributed by atoms with Gasteiger partial charge in [-0.15, -0.1) is 0 Å². The van der Waals surface area contributed by atoms with Gasteiger partial charge in [0.15, 0.2) is 0 Å². The van der Waals surface area contributed by atoms with E-state index >= 15 is 0 Å². The van der Waals surface area contributed by atoms with Crippen LogP contribution in [-0.4, -0.2) is 32.5 Å². The molecule has 4 N–H and O–H groups in total. The fourth-order valence-corrected chi connectivity index (χ4v) is 0.866. The van der Waals surface area contributed by atoms with Crippen LogP contribution in [0.2, 0.25) is 0 Å². The molecule has 0 aliphatic rings. The van der Waals surface area contributed by atoms with Crippen LogP contribution in [0, 0.1) is 0 Å². The minimum absolute atomic E-state index is 0.0165. The summed E-state index contributed by atoms with van der Waals surface area (Å²) in [5, 5.41) is 17.6. The first kappa shape index (κ1) is 9.69. The summed E-state index contributed by atoms with van der Waals surface area (Å²) in [6.45, 7) is -0.376. The molecule has 0 aromatic carbocycles. The highest BCUT2D eigenvalue weighted by molar-refractivity contribution is 5.23. The van der Waals surface area contributed by atoms with Crippen LogP contribution in [0.15, 0.2) is 17.1 Å². The van der Waals surface area contributed by atoms with Crippen LogP contribution in [0.25, 0.3) is 0 Å². The summed E-state index contributed by atoms with van der Waals surface area (Å²) >= 11 is 0. The SMILES string of the molecule is Nc1ccn(C[C@H](O)CO)c(=O)n1. The fraction of sp³-hybridized carbons (Fsp3) is 0.429. The first-order valence-corrected chi connectivity index (χ1v) is 3.75. The lowest BCUT2D eigenvalue weighted by Gasteiger charge is -2.08. The molecular formula is C7H11N3O3. The number of hydrogen-bond donors (Lipinski definition) is 3. The number of aromatic nitrogens is 2. The van der Waals surface area contributed by atoms with E-state index in [0.29, 0.717) is 0 Å². The Kier molecular flexibility index (Phi) is 2.99. The zero-order valence-corrected chi connectivity index (χ0v) is 6.92. The first-order chi connectivity index (χ1) is 6.13.